The zero-order valence-electron chi connectivity index (χ0n) is 18.8. The highest BCUT2D eigenvalue weighted by atomic mass is 19.4. The molecule has 4 N–H and O–H groups in total. The van der Waals surface area contributed by atoms with Crippen LogP contribution in [0.3, 0.4) is 0 Å². The Hall–Kier alpha value is -3.16. The molecule has 2 rings (SSSR count). The molecule has 0 bridgehead atoms. The summed E-state index contributed by atoms with van der Waals surface area (Å²) in [6.45, 7) is 3.12. The van der Waals surface area contributed by atoms with Crippen molar-refractivity contribution in [1.82, 2.24) is 20.9 Å². The molecule has 0 saturated carbocycles. The first-order chi connectivity index (χ1) is 15.8. The maximum absolute atomic E-state index is 13.4. The average Bonchev–Trinajstić information content (AvgIpc) is 2.70. The summed E-state index contributed by atoms with van der Waals surface area (Å²) in [5, 5.41) is 10.0. The van der Waals surface area contributed by atoms with Gasteiger partial charge in [-0.15, -0.1) is 13.2 Å². The zero-order chi connectivity index (χ0) is 25.5. The fraction of sp³-hybridized carbons (Fsp3) is 0.500. The van der Waals surface area contributed by atoms with E-state index < -0.39 is 36.3 Å². The molecule has 0 spiro atoms. The molecule has 0 fully saturated rings. The van der Waals surface area contributed by atoms with Crippen LogP contribution in [0.25, 0.3) is 0 Å². The molecule has 8 nitrogen and oxygen atoms in total. The van der Waals surface area contributed by atoms with E-state index in [1.165, 1.54) is 4.58 Å². The molecule has 1 heterocycles. The van der Waals surface area contributed by atoms with Gasteiger partial charge >= 0.3 is 18.6 Å². The van der Waals surface area contributed by atoms with Crippen LogP contribution in [-0.2, 0) is 0 Å². The van der Waals surface area contributed by atoms with Crippen LogP contribution in [0.1, 0.15) is 13.3 Å². The molecule has 0 aliphatic carbocycles. The van der Waals surface area contributed by atoms with Crippen LogP contribution in [0, 0.1) is 0 Å². The topological polar surface area (TPSA) is 80.7 Å². The quantitative estimate of drug-likeness (QED) is 0.252. The van der Waals surface area contributed by atoms with E-state index in [0.29, 0.717) is 13.0 Å². The molecule has 14 heteroatoms. The largest absolute Gasteiger partial charge is 0.573 e. The van der Waals surface area contributed by atoms with E-state index in [0.717, 1.165) is 36.9 Å². The Balaban J connectivity index is 2.11. The Bertz CT molecular complexity index is 896. The van der Waals surface area contributed by atoms with E-state index in [1.54, 1.807) is 6.92 Å². The number of carbonyl (C=O) groups excluding carboxylic acids is 1. The van der Waals surface area contributed by atoms with Crippen molar-refractivity contribution in [2.45, 2.75) is 32.2 Å². The van der Waals surface area contributed by atoms with Gasteiger partial charge in [0.15, 0.2) is 0 Å². The lowest BCUT2D eigenvalue weighted by Crippen LogP contribution is -2.60. The maximum atomic E-state index is 13.4. The highest BCUT2D eigenvalue weighted by molar-refractivity contribution is 5.91. The van der Waals surface area contributed by atoms with Gasteiger partial charge in [0.2, 0.25) is 6.29 Å². The van der Waals surface area contributed by atoms with Gasteiger partial charge in [-0.05, 0) is 51.7 Å². The number of hydrogen-bond acceptors (Lipinski definition) is 5. The maximum Gasteiger partial charge on any atom is 0.573 e. The third-order valence-corrected chi connectivity index (χ3v) is 4.54. The molecule has 34 heavy (non-hydrogen) atoms. The number of benzene rings is 1. The molecule has 190 valence electrons. The van der Waals surface area contributed by atoms with Crippen LogP contribution in [0.15, 0.2) is 36.0 Å². The molecule has 1 aliphatic heterocycles. The van der Waals surface area contributed by atoms with Crippen molar-refractivity contribution in [3.8, 4) is 5.75 Å². The number of amidine groups is 1. The van der Waals surface area contributed by atoms with Crippen molar-refractivity contribution in [2.75, 3.05) is 39.0 Å². The van der Waals surface area contributed by atoms with Gasteiger partial charge in [0, 0.05) is 12.2 Å². The lowest BCUT2D eigenvalue weighted by molar-refractivity contribution is -0.575. The van der Waals surface area contributed by atoms with E-state index in [9.17, 15) is 31.1 Å². The predicted octanol–water partition coefficient (Wildman–Crippen LogP) is 3.01. The minimum absolute atomic E-state index is 0.114. The van der Waals surface area contributed by atoms with Crippen molar-refractivity contribution in [3.05, 3.63) is 36.0 Å². The molecule has 0 radical (unpaired) electrons. The first-order valence-electron chi connectivity index (χ1n) is 10.3. The van der Waals surface area contributed by atoms with Gasteiger partial charge in [0.05, 0.1) is 19.2 Å². The number of nitrogens with zero attached hydrogens (tertiary/aromatic N) is 2. The number of allylic oxidation sites excluding steroid dienone is 1. The second kappa shape index (κ2) is 11.3. The minimum atomic E-state index is -4.86. The predicted molar refractivity (Wildman–Crippen MR) is 113 cm³/mol. The van der Waals surface area contributed by atoms with Crippen molar-refractivity contribution in [3.63, 3.8) is 0 Å². The Kier molecular flexibility index (Phi) is 9.01. The smallest absolute Gasteiger partial charge is 0.406 e. The molecular weight excluding hydrogens is 470 g/mol. The molecule has 0 saturated heterocycles. The van der Waals surface area contributed by atoms with Gasteiger partial charge in [-0.3, -0.25) is 10.6 Å². The van der Waals surface area contributed by atoms with Crippen LogP contribution in [0.5, 0.6) is 5.75 Å². The molecule has 1 aromatic carbocycles. The van der Waals surface area contributed by atoms with Crippen LogP contribution >= 0.6 is 0 Å². The van der Waals surface area contributed by atoms with E-state index in [1.807, 2.05) is 19.0 Å². The summed E-state index contributed by atoms with van der Waals surface area (Å²) >= 11 is 0. The molecule has 1 atom stereocenters. The third kappa shape index (κ3) is 8.65. The number of hydrogen-bond donors (Lipinski definition) is 4. The summed E-state index contributed by atoms with van der Waals surface area (Å²) in [5.41, 5.74) is -0.922. The highest BCUT2D eigenvalue weighted by Gasteiger charge is 2.41. The second-order valence-corrected chi connectivity index (χ2v) is 7.53. The number of halogens is 6. The fourth-order valence-electron chi connectivity index (χ4n) is 3.05. The highest BCUT2D eigenvalue weighted by Crippen LogP contribution is 2.26. The van der Waals surface area contributed by atoms with E-state index >= 15 is 0 Å². The first kappa shape index (κ1) is 27.1. The summed E-state index contributed by atoms with van der Waals surface area (Å²) in [5.74, 6) is -0.296. The van der Waals surface area contributed by atoms with Crippen molar-refractivity contribution in [2.24, 2.45) is 0 Å². The normalized spacial score (nSPS) is 16.6. The Labute approximate surface area is 192 Å². The minimum Gasteiger partial charge on any atom is -0.406 e. The summed E-state index contributed by atoms with van der Waals surface area (Å²) in [6.07, 6.45) is -9.16. The van der Waals surface area contributed by atoms with Crippen molar-refractivity contribution < 1.29 is 40.4 Å². The van der Waals surface area contributed by atoms with Gasteiger partial charge in [0.1, 0.15) is 11.4 Å². The number of urea groups is 1. The Morgan fingerprint density at radius 3 is 2.32 bits per heavy atom. The number of amides is 2. The Morgan fingerprint density at radius 2 is 1.79 bits per heavy atom. The monoisotopic (exact) mass is 497 g/mol. The van der Waals surface area contributed by atoms with E-state index in [2.05, 4.69) is 26.0 Å². The van der Waals surface area contributed by atoms with Crippen LogP contribution in [0.4, 0.5) is 36.8 Å². The summed E-state index contributed by atoms with van der Waals surface area (Å²) in [6, 6.07) is 3.45. The molecule has 0 aromatic heterocycles. The van der Waals surface area contributed by atoms with Gasteiger partial charge in [-0.2, -0.15) is 13.2 Å². The SMILES string of the molecule is CC[N+]1=C(NCCCN(C)C)C=C(C(F)(F)F)NC1NC(=O)Nc1ccc(OC(F)(F)F)cc1. The lowest BCUT2D eigenvalue weighted by atomic mass is 10.2. The Morgan fingerprint density at radius 1 is 1.15 bits per heavy atom. The first-order valence-corrected chi connectivity index (χ1v) is 10.3. The van der Waals surface area contributed by atoms with Crippen molar-refractivity contribution >= 4 is 17.6 Å². The number of ether oxygens (including phenoxy) is 1. The van der Waals surface area contributed by atoms with Crippen LogP contribution in [-0.4, -0.2) is 73.9 Å². The lowest BCUT2D eigenvalue weighted by Gasteiger charge is -2.29. The number of carbonyl (C=O) groups is 1. The van der Waals surface area contributed by atoms with Crippen LogP contribution in [0.2, 0.25) is 0 Å². The summed E-state index contributed by atoms with van der Waals surface area (Å²) in [7, 11) is 3.76. The number of anilines is 1. The summed E-state index contributed by atoms with van der Waals surface area (Å²) in [4.78, 5) is 14.4. The number of rotatable bonds is 8. The van der Waals surface area contributed by atoms with Crippen LogP contribution < -0.4 is 26.0 Å². The second-order valence-electron chi connectivity index (χ2n) is 7.53. The fourth-order valence-corrected chi connectivity index (χ4v) is 3.05. The summed E-state index contributed by atoms with van der Waals surface area (Å²) < 4.78 is 82.3. The van der Waals surface area contributed by atoms with Gasteiger partial charge in [-0.1, -0.05) is 0 Å². The molecule has 1 unspecified atom stereocenters. The zero-order valence-corrected chi connectivity index (χ0v) is 18.8. The molecule has 1 aliphatic rings. The number of alkyl halides is 6. The number of nitrogens with one attached hydrogen (secondary N) is 4. The van der Waals surface area contributed by atoms with Gasteiger partial charge < -0.3 is 20.3 Å². The standard InChI is InChI=1S/C20H26F6N6O2/c1-4-32-16(27-10-5-11-31(2)3)12-15(19(21,22)23)29-17(32)30-18(33)28-13-6-8-14(9-7-13)34-20(24,25)26/h6-9,12,17H,4-5,10-11H2,1-3H3,(H3,27,28,29,30,33)/p+1. The third-order valence-electron chi connectivity index (χ3n) is 4.54. The molecule has 2 amide bonds. The van der Waals surface area contributed by atoms with Gasteiger partial charge in [0.25, 0.3) is 5.84 Å². The molecular formula is C20H27F6N6O2+. The van der Waals surface area contributed by atoms with E-state index in [-0.39, 0.29) is 18.1 Å². The van der Waals surface area contributed by atoms with Crippen molar-refractivity contribution in [1.29, 1.82) is 0 Å². The van der Waals surface area contributed by atoms with Gasteiger partial charge in [-0.25, -0.2) is 9.37 Å². The van der Waals surface area contributed by atoms with E-state index in [4.69, 9.17) is 0 Å². The average molecular weight is 497 g/mol. The molecule has 1 aromatic rings.